The minimum Gasteiger partial charge on any atom is -0.351 e. The lowest BCUT2D eigenvalue weighted by Gasteiger charge is -2.19. The Morgan fingerprint density at radius 3 is 2.43 bits per heavy atom. The minimum absolute atomic E-state index is 0.235. The number of hydrogen-bond donors (Lipinski definition) is 0. The molecule has 0 atom stereocenters. The van der Waals surface area contributed by atoms with Gasteiger partial charge in [0.15, 0.2) is 0 Å². The zero-order valence-electron chi connectivity index (χ0n) is 9.33. The molecule has 0 saturated carbocycles. The van der Waals surface area contributed by atoms with Crippen molar-refractivity contribution in [3.05, 3.63) is 36.0 Å². The van der Waals surface area contributed by atoms with Gasteiger partial charge in [-0.15, -0.1) is 0 Å². The second-order valence-electron chi connectivity index (χ2n) is 4.95. The maximum Gasteiger partial charge on any atom is 0.0480 e. The molecule has 0 aliphatic rings. The highest BCUT2D eigenvalue weighted by Gasteiger charge is 2.14. The lowest BCUT2D eigenvalue weighted by molar-refractivity contribution is 0.591. The van der Waals surface area contributed by atoms with Crippen molar-refractivity contribution in [3.63, 3.8) is 0 Å². The molecule has 0 radical (unpaired) electrons. The molecule has 0 fully saturated rings. The maximum absolute atomic E-state index is 2.29. The van der Waals surface area contributed by atoms with Crippen LogP contribution in [0.4, 0.5) is 0 Å². The Morgan fingerprint density at radius 1 is 1.07 bits per heavy atom. The van der Waals surface area contributed by atoms with Gasteiger partial charge in [-0.1, -0.05) is 32.9 Å². The van der Waals surface area contributed by atoms with Gasteiger partial charge < -0.3 is 4.57 Å². The first-order valence-corrected chi connectivity index (χ1v) is 5.04. The Hall–Kier alpha value is -1.24. The van der Waals surface area contributed by atoms with E-state index in [9.17, 15) is 0 Å². The normalized spacial score (nSPS) is 12.3. The molecule has 1 aromatic carbocycles. The summed E-state index contributed by atoms with van der Waals surface area (Å²) in [5, 5.41) is 1.32. The van der Waals surface area contributed by atoms with Gasteiger partial charge in [0.25, 0.3) is 0 Å². The third-order valence-corrected chi connectivity index (χ3v) is 2.75. The van der Waals surface area contributed by atoms with E-state index in [1.165, 1.54) is 16.5 Å². The predicted octanol–water partition coefficient (Wildman–Crippen LogP) is 3.48. The van der Waals surface area contributed by atoms with Gasteiger partial charge in [-0.2, -0.15) is 0 Å². The first kappa shape index (κ1) is 9.32. The summed E-state index contributed by atoms with van der Waals surface area (Å²) < 4.78 is 2.17. The van der Waals surface area contributed by atoms with E-state index in [-0.39, 0.29) is 5.41 Å². The first-order chi connectivity index (χ1) is 6.48. The molecular formula is C13H17N. The molecule has 1 heteroatoms. The molecule has 0 bridgehead atoms. The van der Waals surface area contributed by atoms with Gasteiger partial charge in [0.1, 0.15) is 0 Å². The van der Waals surface area contributed by atoms with E-state index in [0.29, 0.717) is 0 Å². The summed E-state index contributed by atoms with van der Waals surface area (Å²) in [4.78, 5) is 0. The summed E-state index contributed by atoms with van der Waals surface area (Å²) in [5.41, 5.74) is 2.95. The van der Waals surface area contributed by atoms with Crippen molar-refractivity contribution in [2.75, 3.05) is 0 Å². The van der Waals surface area contributed by atoms with Crippen LogP contribution in [0, 0.1) is 0 Å². The second kappa shape index (κ2) is 2.88. The van der Waals surface area contributed by atoms with Crippen molar-refractivity contribution in [2.45, 2.75) is 26.2 Å². The van der Waals surface area contributed by atoms with Crippen LogP contribution in [0.25, 0.3) is 10.9 Å². The second-order valence-corrected chi connectivity index (χ2v) is 4.95. The molecule has 74 valence electrons. The SMILES string of the molecule is Cn1ccc2ccc(C(C)(C)C)cc21. The summed E-state index contributed by atoms with van der Waals surface area (Å²) in [6.07, 6.45) is 2.11. The van der Waals surface area contributed by atoms with Crippen LogP contribution in [-0.4, -0.2) is 4.57 Å². The van der Waals surface area contributed by atoms with Crippen molar-refractivity contribution in [1.29, 1.82) is 0 Å². The van der Waals surface area contributed by atoms with Gasteiger partial charge in [0.05, 0.1) is 0 Å². The summed E-state index contributed by atoms with van der Waals surface area (Å²) in [5.74, 6) is 0. The van der Waals surface area contributed by atoms with E-state index in [4.69, 9.17) is 0 Å². The summed E-state index contributed by atoms with van der Waals surface area (Å²) >= 11 is 0. The summed E-state index contributed by atoms with van der Waals surface area (Å²) in [7, 11) is 2.09. The third kappa shape index (κ3) is 1.43. The van der Waals surface area contributed by atoms with Crippen molar-refractivity contribution in [1.82, 2.24) is 4.57 Å². The predicted molar refractivity (Wildman–Crippen MR) is 61.6 cm³/mol. The number of fused-ring (bicyclic) bond motifs is 1. The molecular weight excluding hydrogens is 170 g/mol. The maximum atomic E-state index is 2.29. The Bertz CT molecular complexity index is 458. The Labute approximate surface area is 85.4 Å². The minimum atomic E-state index is 0.235. The molecule has 2 rings (SSSR count). The monoisotopic (exact) mass is 187 g/mol. The molecule has 1 aromatic heterocycles. The highest BCUT2D eigenvalue weighted by molar-refractivity contribution is 5.81. The van der Waals surface area contributed by atoms with Gasteiger partial charge >= 0.3 is 0 Å². The highest BCUT2D eigenvalue weighted by atomic mass is 14.9. The first-order valence-electron chi connectivity index (χ1n) is 5.04. The molecule has 0 saturated heterocycles. The van der Waals surface area contributed by atoms with Crippen LogP contribution < -0.4 is 0 Å². The van der Waals surface area contributed by atoms with Crippen LogP contribution in [0.3, 0.4) is 0 Å². The smallest absolute Gasteiger partial charge is 0.0480 e. The molecule has 0 spiro atoms. The van der Waals surface area contributed by atoms with Crippen molar-refractivity contribution >= 4 is 10.9 Å². The van der Waals surface area contributed by atoms with E-state index >= 15 is 0 Å². The fourth-order valence-electron chi connectivity index (χ4n) is 1.73. The quantitative estimate of drug-likeness (QED) is 0.595. The van der Waals surface area contributed by atoms with Crippen LogP contribution >= 0.6 is 0 Å². The van der Waals surface area contributed by atoms with E-state index < -0.39 is 0 Å². The van der Waals surface area contributed by atoms with E-state index in [0.717, 1.165) is 0 Å². The molecule has 0 unspecified atom stereocenters. The highest BCUT2D eigenvalue weighted by Crippen LogP contribution is 2.26. The molecule has 0 aliphatic heterocycles. The molecule has 0 aliphatic carbocycles. The third-order valence-electron chi connectivity index (χ3n) is 2.75. The Kier molecular flexibility index (Phi) is 1.91. The Morgan fingerprint density at radius 2 is 1.79 bits per heavy atom. The topological polar surface area (TPSA) is 4.93 Å². The molecule has 14 heavy (non-hydrogen) atoms. The van der Waals surface area contributed by atoms with E-state index in [2.05, 4.69) is 62.8 Å². The zero-order valence-corrected chi connectivity index (χ0v) is 9.33. The molecule has 2 aromatic rings. The van der Waals surface area contributed by atoms with Crippen LogP contribution in [-0.2, 0) is 12.5 Å². The zero-order chi connectivity index (χ0) is 10.3. The van der Waals surface area contributed by atoms with Gasteiger partial charge in [-0.25, -0.2) is 0 Å². The number of benzene rings is 1. The van der Waals surface area contributed by atoms with Crippen molar-refractivity contribution in [2.24, 2.45) is 7.05 Å². The largest absolute Gasteiger partial charge is 0.351 e. The fraction of sp³-hybridized carbons (Fsp3) is 0.385. The van der Waals surface area contributed by atoms with Gasteiger partial charge in [0.2, 0.25) is 0 Å². The van der Waals surface area contributed by atoms with E-state index in [1.807, 2.05) is 0 Å². The number of nitrogens with zero attached hydrogens (tertiary/aromatic N) is 1. The van der Waals surface area contributed by atoms with Gasteiger partial charge in [0, 0.05) is 18.8 Å². The number of aryl methyl sites for hydroxylation is 1. The van der Waals surface area contributed by atoms with Crippen LogP contribution in [0.2, 0.25) is 0 Å². The van der Waals surface area contributed by atoms with Crippen molar-refractivity contribution < 1.29 is 0 Å². The Balaban J connectivity index is 2.66. The lowest BCUT2D eigenvalue weighted by Crippen LogP contribution is -2.10. The molecule has 1 nitrogen and oxygen atoms in total. The number of hydrogen-bond acceptors (Lipinski definition) is 0. The van der Waals surface area contributed by atoms with Crippen molar-refractivity contribution in [3.8, 4) is 0 Å². The van der Waals surface area contributed by atoms with Crippen LogP contribution in [0.5, 0.6) is 0 Å². The number of aromatic nitrogens is 1. The lowest BCUT2D eigenvalue weighted by atomic mass is 9.87. The van der Waals surface area contributed by atoms with Crippen LogP contribution in [0.1, 0.15) is 26.3 Å². The summed E-state index contributed by atoms with van der Waals surface area (Å²) in [6, 6.07) is 8.87. The molecule has 1 heterocycles. The summed E-state index contributed by atoms with van der Waals surface area (Å²) in [6.45, 7) is 6.74. The van der Waals surface area contributed by atoms with E-state index in [1.54, 1.807) is 0 Å². The van der Waals surface area contributed by atoms with Gasteiger partial charge in [-0.3, -0.25) is 0 Å². The average molecular weight is 187 g/mol. The van der Waals surface area contributed by atoms with Crippen LogP contribution in [0.15, 0.2) is 30.5 Å². The number of rotatable bonds is 0. The molecule has 0 amide bonds. The molecule has 0 N–H and O–H groups in total. The fourth-order valence-corrected chi connectivity index (χ4v) is 1.73. The average Bonchev–Trinajstić information content (AvgIpc) is 2.46. The standard InChI is InChI=1S/C13H17N/c1-13(2,3)11-6-5-10-7-8-14(4)12(10)9-11/h5-9H,1-4H3. The van der Waals surface area contributed by atoms with Gasteiger partial charge in [-0.05, 0) is 28.5 Å².